The average Bonchev–Trinajstić information content (AvgIpc) is 3.22. The van der Waals surface area contributed by atoms with Gasteiger partial charge in [-0.3, -0.25) is 0 Å². The van der Waals surface area contributed by atoms with Crippen molar-refractivity contribution in [3.05, 3.63) is 12.1 Å². The highest BCUT2D eigenvalue weighted by Gasteiger charge is 2.35. The van der Waals surface area contributed by atoms with Crippen molar-refractivity contribution in [1.82, 2.24) is 0 Å². The molecule has 1 aliphatic carbocycles. The Hall–Kier alpha value is -1.62. The molecule has 0 aliphatic heterocycles. The fraction of sp³-hybridized carbons (Fsp3) is 0.571. The number of hydrogen-bond donors (Lipinski definition) is 2. The Morgan fingerprint density at radius 1 is 1.11 bits per heavy atom. The highest BCUT2D eigenvalue weighted by Crippen LogP contribution is 2.41. The summed E-state index contributed by atoms with van der Waals surface area (Å²) in [5.74, 6) is 3.30. The Kier molecular flexibility index (Phi) is 4.37. The van der Waals surface area contributed by atoms with E-state index in [9.17, 15) is 0 Å². The Balaban J connectivity index is 2.08. The van der Waals surface area contributed by atoms with Crippen LogP contribution in [0.25, 0.3) is 0 Å². The largest absolute Gasteiger partial charge is 0.493 e. The van der Waals surface area contributed by atoms with Crippen LogP contribution in [0, 0.1) is 11.8 Å². The van der Waals surface area contributed by atoms with Gasteiger partial charge in [-0.1, -0.05) is 0 Å². The van der Waals surface area contributed by atoms with E-state index in [2.05, 4.69) is 5.32 Å². The molecule has 0 heterocycles. The Morgan fingerprint density at radius 2 is 1.74 bits per heavy atom. The molecule has 1 aromatic carbocycles. The summed E-state index contributed by atoms with van der Waals surface area (Å²) in [7, 11) is 4.84. The molecule has 3 N–H and O–H groups in total. The van der Waals surface area contributed by atoms with Gasteiger partial charge in [0.15, 0.2) is 11.5 Å². The smallest absolute Gasteiger partial charge is 0.203 e. The molecule has 1 aliphatic rings. The standard InChI is InChI=1S/C14H22N2O3/c1-17-12-5-11(6-13(18-2)14(12)19-3)16-8-10-4-9(10)7-15/h5-6,9-10,16H,4,7-8,15H2,1-3H3/t9-,10-/m0/s1. The summed E-state index contributed by atoms with van der Waals surface area (Å²) >= 11 is 0. The maximum Gasteiger partial charge on any atom is 0.203 e. The number of benzene rings is 1. The molecule has 0 spiro atoms. The van der Waals surface area contributed by atoms with Gasteiger partial charge in [0.1, 0.15) is 0 Å². The molecule has 2 atom stereocenters. The monoisotopic (exact) mass is 266 g/mol. The van der Waals surface area contributed by atoms with Crippen molar-refractivity contribution in [3.8, 4) is 17.2 Å². The normalized spacial score (nSPS) is 20.8. The molecule has 19 heavy (non-hydrogen) atoms. The quantitative estimate of drug-likeness (QED) is 0.786. The molecule has 5 heteroatoms. The van der Waals surface area contributed by atoms with Crippen LogP contribution in [0.3, 0.4) is 0 Å². The van der Waals surface area contributed by atoms with Crippen molar-refractivity contribution in [1.29, 1.82) is 0 Å². The predicted molar refractivity (Wildman–Crippen MR) is 75.2 cm³/mol. The van der Waals surface area contributed by atoms with Gasteiger partial charge < -0.3 is 25.3 Å². The van der Waals surface area contributed by atoms with Crippen LogP contribution in [0.2, 0.25) is 0 Å². The van der Waals surface area contributed by atoms with E-state index in [0.29, 0.717) is 29.1 Å². The molecular weight excluding hydrogens is 244 g/mol. The van der Waals surface area contributed by atoms with Crippen LogP contribution in [0.5, 0.6) is 17.2 Å². The van der Waals surface area contributed by atoms with E-state index in [1.807, 2.05) is 12.1 Å². The van der Waals surface area contributed by atoms with Crippen molar-refractivity contribution in [3.63, 3.8) is 0 Å². The van der Waals surface area contributed by atoms with Crippen LogP contribution in [0.4, 0.5) is 5.69 Å². The SMILES string of the molecule is COc1cc(NC[C@@H]2C[C@H]2CN)cc(OC)c1OC. The number of anilines is 1. The zero-order valence-corrected chi connectivity index (χ0v) is 11.7. The van der Waals surface area contributed by atoms with Gasteiger partial charge in [0, 0.05) is 24.4 Å². The highest BCUT2D eigenvalue weighted by molar-refractivity contribution is 5.62. The van der Waals surface area contributed by atoms with Gasteiger partial charge in [0.05, 0.1) is 21.3 Å². The van der Waals surface area contributed by atoms with E-state index >= 15 is 0 Å². The average molecular weight is 266 g/mol. The molecule has 1 saturated carbocycles. The first-order valence-corrected chi connectivity index (χ1v) is 6.47. The third-order valence-corrected chi connectivity index (χ3v) is 3.60. The fourth-order valence-corrected chi connectivity index (χ4v) is 2.28. The first-order valence-electron chi connectivity index (χ1n) is 6.47. The van der Waals surface area contributed by atoms with Crippen molar-refractivity contribution in [2.24, 2.45) is 17.6 Å². The van der Waals surface area contributed by atoms with E-state index in [1.54, 1.807) is 21.3 Å². The summed E-state index contributed by atoms with van der Waals surface area (Å²) in [4.78, 5) is 0. The molecule has 0 amide bonds. The van der Waals surface area contributed by atoms with Crippen LogP contribution in [0.15, 0.2) is 12.1 Å². The highest BCUT2D eigenvalue weighted by atomic mass is 16.5. The zero-order valence-electron chi connectivity index (χ0n) is 11.7. The molecule has 0 radical (unpaired) electrons. The van der Waals surface area contributed by atoms with Gasteiger partial charge in [-0.15, -0.1) is 0 Å². The minimum Gasteiger partial charge on any atom is -0.493 e. The van der Waals surface area contributed by atoms with Crippen molar-refractivity contribution in [2.45, 2.75) is 6.42 Å². The molecule has 2 rings (SSSR count). The van der Waals surface area contributed by atoms with Gasteiger partial charge >= 0.3 is 0 Å². The van der Waals surface area contributed by atoms with E-state index in [0.717, 1.165) is 18.8 Å². The van der Waals surface area contributed by atoms with Gasteiger partial charge in [-0.2, -0.15) is 0 Å². The van der Waals surface area contributed by atoms with Gasteiger partial charge in [-0.25, -0.2) is 0 Å². The Morgan fingerprint density at radius 3 is 2.16 bits per heavy atom. The van der Waals surface area contributed by atoms with Crippen molar-refractivity contribution >= 4 is 5.69 Å². The van der Waals surface area contributed by atoms with Gasteiger partial charge in [0.2, 0.25) is 5.75 Å². The molecule has 0 saturated heterocycles. The molecule has 5 nitrogen and oxygen atoms in total. The van der Waals surface area contributed by atoms with E-state index in [4.69, 9.17) is 19.9 Å². The third-order valence-electron chi connectivity index (χ3n) is 3.60. The van der Waals surface area contributed by atoms with Crippen molar-refractivity contribution < 1.29 is 14.2 Å². The summed E-state index contributed by atoms with van der Waals surface area (Å²) in [6.07, 6.45) is 1.22. The molecule has 1 fully saturated rings. The van der Waals surface area contributed by atoms with E-state index in [1.165, 1.54) is 6.42 Å². The lowest BCUT2D eigenvalue weighted by atomic mass is 10.2. The summed E-state index contributed by atoms with van der Waals surface area (Å²) in [5.41, 5.74) is 6.61. The molecule has 0 aromatic heterocycles. The second-order valence-electron chi connectivity index (χ2n) is 4.79. The van der Waals surface area contributed by atoms with E-state index < -0.39 is 0 Å². The molecule has 106 valence electrons. The van der Waals surface area contributed by atoms with Gasteiger partial charge in [0.25, 0.3) is 0 Å². The second-order valence-corrected chi connectivity index (χ2v) is 4.79. The second kappa shape index (κ2) is 6.02. The minimum atomic E-state index is 0.613. The lowest BCUT2D eigenvalue weighted by Gasteiger charge is -2.15. The maximum absolute atomic E-state index is 5.64. The zero-order chi connectivity index (χ0) is 13.8. The van der Waals surface area contributed by atoms with Gasteiger partial charge in [-0.05, 0) is 24.8 Å². The molecule has 1 aromatic rings. The minimum absolute atomic E-state index is 0.613. The summed E-state index contributed by atoms with van der Waals surface area (Å²) in [6.45, 7) is 1.71. The predicted octanol–water partition coefficient (Wildman–Crippen LogP) is 1.72. The summed E-state index contributed by atoms with van der Waals surface area (Å²) in [6, 6.07) is 3.84. The third kappa shape index (κ3) is 3.04. The van der Waals surface area contributed by atoms with Crippen LogP contribution in [-0.4, -0.2) is 34.4 Å². The summed E-state index contributed by atoms with van der Waals surface area (Å²) in [5, 5.41) is 3.40. The van der Waals surface area contributed by atoms with Crippen LogP contribution in [0.1, 0.15) is 6.42 Å². The number of hydrogen-bond acceptors (Lipinski definition) is 5. The number of nitrogens with one attached hydrogen (secondary N) is 1. The fourth-order valence-electron chi connectivity index (χ4n) is 2.28. The first kappa shape index (κ1) is 13.8. The van der Waals surface area contributed by atoms with E-state index in [-0.39, 0.29) is 0 Å². The number of methoxy groups -OCH3 is 3. The lowest BCUT2D eigenvalue weighted by molar-refractivity contribution is 0.324. The topological polar surface area (TPSA) is 65.7 Å². The van der Waals surface area contributed by atoms with Crippen molar-refractivity contribution in [2.75, 3.05) is 39.7 Å². The molecular formula is C14H22N2O3. The Labute approximate surface area is 114 Å². The van der Waals surface area contributed by atoms with Crippen LogP contribution < -0.4 is 25.3 Å². The Bertz CT molecular complexity index is 412. The number of ether oxygens (including phenoxy) is 3. The lowest BCUT2D eigenvalue weighted by Crippen LogP contribution is -2.09. The van der Waals surface area contributed by atoms with Crippen LogP contribution in [-0.2, 0) is 0 Å². The first-order chi connectivity index (χ1) is 9.23. The number of rotatable bonds is 7. The number of nitrogens with two attached hydrogens (primary N) is 1. The maximum atomic E-state index is 5.64. The van der Waals surface area contributed by atoms with Crippen LogP contribution >= 0.6 is 0 Å². The molecule has 0 bridgehead atoms. The molecule has 0 unspecified atom stereocenters. The summed E-state index contributed by atoms with van der Waals surface area (Å²) < 4.78 is 15.9.